The summed E-state index contributed by atoms with van der Waals surface area (Å²) < 4.78 is 30.7. The highest BCUT2D eigenvalue weighted by Gasteiger charge is 2.16. The molecule has 122 valence electrons. The van der Waals surface area contributed by atoms with Crippen LogP contribution in [0.4, 0.5) is 5.69 Å². The van der Waals surface area contributed by atoms with Gasteiger partial charge in [0.1, 0.15) is 0 Å². The first-order chi connectivity index (χ1) is 10.4. The van der Waals surface area contributed by atoms with E-state index in [2.05, 4.69) is 5.32 Å². The number of unbranched alkanes of at least 4 members (excludes halogenated alkanes) is 1. The molecule has 1 saturated heterocycles. The highest BCUT2D eigenvalue weighted by Crippen LogP contribution is 2.39. The number of carbonyl (C=O) groups is 1. The molecule has 0 saturated carbocycles. The van der Waals surface area contributed by atoms with Crippen molar-refractivity contribution < 1.29 is 17.8 Å². The average molecular weight is 362 g/mol. The molecule has 5 nitrogen and oxygen atoms in total. The first-order valence-electron chi connectivity index (χ1n) is 7.11. The number of hydrogen-bond acceptors (Lipinski definition) is 5. The highest BCUT2D eigenvalue weighted by molar-refractivity contribution is 8.77. The Bertz CT molecular complexity index is 595. The second-order valence-corrected chi connectivity index (χ2v) is 9.33. The van der Waals surface area contributed by atoms with Gasteiger partial charge in [-0.3, -0.25) is 9.35 Å². The summed E-state index contributed by atoms with van der Waals surface area (Å²) in [5.74, 6) is 1.16. The number of carbonyl (C=O) groups excluding carboxylic acids is 1. The quantitative estimate of drug-likeness (QED) is 0.439. The van der Waals surface area contributed by atoms with Crippen LogP contribution in [0.25, 0.3) is 0 Å². The van der Waals surface area contributed by atoms with Crippen molar-refractivity contribution in [3.05, 3.63) is 24.3 Å². The molecule has 0 radical (unpaired) electrons. The summed E-state index contributed by atoms with van der Waals surface area (Å²) in [6.07, 6.45) is 4.80. The lowest BCUT2D eigenvalue weighted by Crippen LogP contribution is -2.11. The Balaban J connectivity index is 1.70. The van der Waals surface area contributed by atoms with Crippen LogP contribution in [0.1, 0.15) is 32.1 Å². The van der Waals surface area contributed by atoms with Gasteiger partial charge in [0.05, 0.1) is 4.90 Å². The van der Waals surface area contributed by atoms with Gasteiger partial charge in [0.2, 0.25) is 5.91 Å². The molecule has 1 aromatic rings. The Hall–Kier alpha value is -0.700. The number of hydrogen-bond donors (Lipinski definition) is 2. The van der Waals surface area contributed by atoms with Gasteiger partial charge in [-0.05, 0) is 43.5 Å². The maximum absolute atomic E-state index is 11.8. The third-order valence-corrected chi connectivity index (χ3v) is 7.22. The summed E-state index contributed by atoms with van der Waals surface area (Å²) >= 11 is 0. The molecule has 8 heteroatoms. The van der Waals surface area contributed by atoms with Crippen LogP contribution in [0.3, 0.4) is 0 Å². The monoisotopic (exact) mass is 361 g/mol. The van der Waals surface area contributed by atoms with Crippen molar-refractivity contribution in [3.63, 3.8) is 0 Å². The van der Waals surface area contributed by atoms with Gasteiger partial charge in [0.25, 0.3) is 10.1 Å². The van der Waals surface area contributed by atoms with E-state index in [1.807, 2.05) is 21.6 Å². The van der Waals surface area contributed by atoms with Gasteiger partial charge >= 0.3 is 0 Å². The minimum Gasteiger partial charge on any atom is -0.326 e. The summed E-state index contributed by atoms with van der Waals surface area (Å²) in [7, 11) is -0.309. The van der Waals surface area contributed by atoms with Gasteiger partial charge in [0.15, 0.2) is 0 Å². The second-order valence-electron chi connectivity index (χ2n) is 5.12. The van der Waals surface area contributed by atoms with E-state index in [-0.39, 0.29) is 10.8 Å². The van der Waals surface area contributed by atoms with Gasteiger partial charge in [-0.2, -0.15) is 8.42 Å². The van der Waals surface area contributed by atoms with E-state index in [9.17, 15) is 13.2 Å². The number of rotatable bonds is 7. The molecule has 0 spiro atoms. The second kappa shape index (κ2) is 8.24. The Morgan fingerprint density at radius 1 is 1.27 bits per heavy atom. The number of nitrogens with one attached hydrogen (secondary N) is 1. The number of benzene rings is 1. The molecule has 0 aliphatic carbocycles. The first-order valence-corrected chi connectivity index (χ1v) is 10.9. The van der Waals surface area contributed by atoms with E-state index in [4.69, 9.17) is 4.55 Å². The summed E-state index contributed by atoms with van der Waals surface area (Å²) in [6.45, 7) is 0. The Morgan fingerprint density at radius 3 is 2.59 bits per heavy atom. The Morgan fingerprint density at radius 2 is 2.00 bits per heavy atom. The molecule has 2 N–H and O–H groups in total. The number of anilines is 1. The fourth-order valence-corrected chi connectivity index (χ4v) is 5.66. The molecule has 1 amide bonds. The fourth-order valence-electron chi connectivity index (χ4n) is 2.16. The Kier molecular flexibility index (Phi) is 6.61. The van der Waals surface area contributed by atoms with Crippen molar-refractivity contribution >= 4 is 43.3 Å². The molecule has 1 fully saturated rings. The largest absolute Gasteiger partial charge is 0.326 e. The van der Waals surface area contributed by atoms with E-state index in [0.29, 0.717) is 12.1 Å². The standard InChI is InChI=1S/C14H19NO4S3/c16-14(4-2-1-3-12-9-10-20-21-12)15-11-5-7-13(8-6-11)22(17,18)19/h5-8,12H,1-4,9-10H2,(H,15,16)(H,17,18,19)/t12-/m1/s1. The smallest absolute Gasteiger partial charge is 0.294 e. The van der Waals surface area contributed by atoms with Crippen LogP contribution in [-0.2, 0) is 14.9 Å². The van der Waals surface area contributed by atoms with E-state index < -0.39 is 10.1 Å². The lowest BCUT2D eigenvalue weighted by Gasteiger charge is -2.08. The summed E-state index contributed by atoms with van der Waals surface area (Å²) in [5, 5.41) is 3.46. The van der Waals surface area contributed by atoms with Gasteiger partial charge in [0, 0.05) is 23.1 Å². The fraction of sp³-hybridized carbons (Fsp3) is 0.500. The maximum Gasteiger partial charge on any atom is 0.294 e. The molecular formula is C14H19NO4S3. The number of amides is 1. The van der Waals surface area contributed by atoms with Crippen LogP contribution in [0.2, 0.25) is 0 Å². The molecule has 0 aromatic heterocycles. The SMILES string of the molecule is O=C(CCCC[C@@H]1CCSS1)Nc1ccc(S(=O)(=O)O)cc1. The minimum absolute atomic E-state index is 0.0759. The lowest BCUT2D eigenvalue weighted by atomic mass is 10.1. The molecule has 22 heavy (non-hydrogen) atoms. The van der Waals surface area contributed by atoms with Crippen molar-refractivity contribution in [2.75, 3.05) is 11.1 Å². The molecule has 0 unspecified atom stereocenters. The molecular weight excluding hydrogens is 342 g/mol. The van der Waals surface area contributed by atoms with Gasteiger partial charge < -0.3 is 5.32 Å². The summed E-state index contributed by atoms with van der Waals surface area (Å²) in [6, 6.07) is 5.46. The van der Waals surface area contributed by atoms with Crippen LogP contribution >= 0.6 is 21.6 Å². The predicted molar refractivity (Wildman–Crippen MR) is 91.8 cm³/mol. The van der Waals surface area contributed by atoms with Crippen molar-refractivity contribution in [2.45, 2.75) is 42.2 Å². The van der Waals surface area contributed by atoms with E-state index in [0.717, 1.165) is 24.5 Å². The Labute approximate surface area is 138 Å². The third kappa shape index (κ3) is 5.83. The van der Waals surface area contributed by atoms with Crippen LogP contribution in [0.15, 0.2) is 29.2 Å². The van der Waals surface area contributed by atoms with E-state index >= 15 is 0 Å². The maximum atomic E-state index is 11.8. The normalized spacial score (nSPS) is 18.3. The molecule has 0 bridgehead atoms. The van der Waals surface area contributed by atoms with Crippen LogP contribution in [0.5, 0.6) is 0 Å². The minimum atomic E-state index is -4.19. The predicted octanol–water partition coefficient (Wildman–Crippen LogP) is 3.59. The zero-order valence-corrected chi connectivity index (χ0v) is 14.5. The average Bonchev–Trinajstić information content (AvgIpc) is 2.96. The van der Waals surface area contributed by atoms with Gasteiger partial charge in [-0.15, -0.1) is 0 Å². The topological polar surface area (TPSA) is 83.5 Å². The van der Waals surface area contributed by atoms with E-state index in [1.54, 1.807) is 0 Å². The summed E-state index contributed by atoms with van der Waals surface area (Å²) in [5.41, 5.74) is 0.528. The molecule has 1 heterocycles. The third-order valence-electron chi connectivity index (χ3n) is 3.34. The molecule has 1 aromatic carbocycles. The van der Waals surface area contributed by atoms with Crippen molar-refractivity contribution in [3.8, 4) is 0 Å². The molecule has 1 atom stereocenters. The van der Waals surface area contributed by atoms with Crippen molar-refractivity contribution in [2.24, 2.45) is 0 Å². The van der Waals surface area contributed by atoms with Gasteiger partial charge in [-0.25, -0.2) is 0 Å². The van der Waals surface area contributed by atoms with Gasteiger partial charge in [-0.1, -0.05) is 28.0 Å². The molecule has 2 rings (SSSR count). The first kappa shape index (κ1) is 17.7. The zero-order valence-electron chi connectivity index (χ0n) is 12.0. The van der Waals surface area contributed by atoms with Crippen LogP contribution in [0, 0.1) is 0 Å². The molecule has 1 aliphatic heterocycles. The highest BCUT2D eigenvalue weighted by atomic mass is 33.1. The van der Waals surface area contributed by atoms with Crippen LogP contribution in [-0.4, -0.2) is 29.9 Å². The lowest BCUT2D eigenvalue weighted by molar-refractivity contribution is -0.116. The molecule has 1 aliphatic rings. The van der Waals surface area contributed by atoms with Crippen molar-refractivity contribution in [1.82, 2.24) is 0 Å². The summed E-state index contributed by atoms with van der Waals surface area (Å²) in [4.78, 5) is 11.6. The van der Waals surface area contributed by atoms with Crippen LogP contribution < -0.4 is 5.32 Å². The van der Waals surface area contributed by atoms with Crippen molar-refractivity contribution in [1.29, 1.82) is 0 Å². The zero-order chi connectivity index (χ0) is 16.0. The van der Waals surface area contributed by atoms with E-state index in [1.165, 1.54) is 36.4 Å².